The number of nitrogens with zero attached hydrogens (tertiary/aromatic N) is 1. The molecular weight excluding hydrogens is 301 g/mol. The average Bonchev–Trinajstić information content (AvgIpc) is 2.54. The molecule has 0 saturated carbocycles. The smallest absolute Gasteiger partial charge is 0.253 e. The molecule has 23 heavy (non-hydrogen) atoms. The number of ether oxygens (including phenoxy) is 1. The van der Waals surface area contributed by atoms with Crippen LogP contribution < -0.4 is 15.8 Å². The van der Waals surface area contributed by atoms with Gasteiger partial charge in [0.2, 0.25) is 11.8 Å². The molecule has 0 radical (unpaired) electrons. The first-order valence-electron chi connectivity index (χ1n) is 6.89. The molecule has 0 saturated heterocycles. The highest BCUT2D eigenvalue weighted by Gasteiger charge is 2.14. The van der Waals surface area contributed by atoms with Crippen LogP contribution in [-0.2, 0) is 11.4 Å². The number of carbonyl (C=O) groups excluding carboxylic acids is 2. The lowest BCUT2D eigenvalue weighted by Gasteiger charge is -2.10. The molecule has 0 fully saturated rings. The summed E-state index contributed by atoms with van der Waals surface area (Å²) in [5.74, 6) is -1.05. The minimum atomic E-state index is -0.767. The highest BCUT2D eigenvalue weighted by atomic mass is 19.1. The molecular formula is C16H16FN3O3. The Morgan fingerprint density at radius 1 is 1.26 bits per heavy atom. The summed E-state index contributed by atoms with van der Waals surface area (Å²) in [5.41, 5.74) is 6.16. The number of benzene rings is 1. The number of aromatic nitrogens is 1. The lowest BCUT2D eigenvalue weighted by molar-refractivity contribution is -0.119. The second-order valence-electron chi connectivity index (χ2n) is 4.90. The third kappa shape index (κ3) is 4.77. The number of rotatable bonds is 6. The zero-order valence-electron chi connectivity index (χ0n) is 12.5. The molecule has 0 bridgehead atoms. The predicted molar refractivity (Wildman–Crippen MR) is 81.1 cm³/mol. The number of carbonyl (C=O) groups is 2. The van der Waals surface area contributed by atoms with Crippen LogP contribution >= 0.6 is 0 Å². The number of halogens is 1. The lowest BCUT2D eigenvalue weighted by Crippen LogP contribution is -2.42. The van der Waals surface area contributed by atoms with Gasteiger partial charge in [0.1, 0.15) is 18.5 Å². The van der Waals surface area contributed by atoms with Gasteiger partial charge in [-0.3, -0.25) is 9.59 Å². The number of pyridine rings is 1. The van der Waals surface area contributed by atoms with Crippen LogP contribution in [0, 0.1) is 5.82 Å². The van der Waals surface area contributed by atoms with Crippen molar-refractivity contribution in [2.75, 3.05) is 0 Å². The summed E-state index contributed by atoms with van der Waals surface area (Å²) < 4.78 is 18.2. The Kier molecular flexibility index (Phi) is 5.24. The van der Waals surface area contributed by atoms with Gasteiger partial charge in [0.05, 0.1) is 5.56 Å². The molecule has 6 nitrogen and oxygen atoms in total. The van der Waals surface area contributed by atoms with Gasteiger partial charge in [-0.05, 0) is 30.7 Å². The first kappa shape index (κ1) is 16.4. The van der Waals surface area contributed by atoms with Crippen LogP contribution in [0.15, 0.2) is 42.6 Å². The summed E-state index contributed by atoms with van der Waals surface area (Å²) in [6.07, 6.45) is 1.34. The molecule has 2 rings (SSSR count). The van der Waals surface area contributed by atoms with E-state index < -0.39 is 17.9 Å². The molecule has 0 spiro atoms. The molecule has 1 aromatic carbocycles. The number of nitrogens with two attached hydrogens (primary N) is 1. The van der Waals surface area contributed by atoms with E-state index in [-0.39, 0.29) is 18.0 Å². The summed E-state index contributed by atoms with van der Waals surface area (Å²) >= 11 is 0. The molecule has 1 atom stereocenters. The molecule has 120 valence electrons. The monoisotopic (exact) mass is 317 g/mol. The van der Waals surface area contributed by atoms with E-state index >= 15 is 0 Å². The van der Waals surface area contributed by atoms with Gasteiger partial charge in [0.15, 0.2) is 0 Å². The predicted octanol–water partition coefficient (Wildman–Crippen LogP) is 1.40. The summed E-state index contributed by atoms with van der Waals surface area (Å²) in [5, 5.41) is 2.45. The number of hydrogen-bond acceptors (Lipinski definition) is 4. The van der Waals surface area contributed by atoms with E-state index in [4.69, 9.17) is 10.5 Å². The first-order valence-corrected chi connectivity index (χ1v) is 6.89. The highest BCUT2D eigenvalue weighted by Crippen LogP contribution is 2.11. The molecule has 0 aliphatic rings. The van der Waals surface area contributed by atoms with Crippen molar-refractivity contribution in [1.29, 1.82) is 0 Å². The van der Waals surface area contributed by atoms with Gasteiger partial charge in [0, 0.05) is 12.3 Å². The third-order valence-corrected chi connectivity index (χ3v) is 3.07. The van der Waals surface area contributed by atoms with E-state index in [1.165, 1.54) is 37.4 Å². The minimum absolute atomic E-state index is 0.234. The van der Waals surface area contributed by atoms with Crippen molar-refractivity contribution in [3.63, 3.8) is 0 Å². The molecule has 1 heterocycles. The maximum Gasteiger partial charge on any atom is 0.253 e. The van der Waals surface area contributed by atoms with Gasteiger partial charge in [0.25, 0.3) is 5.91 Å². The van der Waals surface area contributed by atoms with Crippen molar-refractivity contribution in [3.8, 4) is 5.88 Å². The molecule has 1 unspecified atom stereocenters. The number of primary amides is 1. The second kappa shape index (κ2) is 7.35. The Hall–Kier alpha value is -2.96. The Morgan fingerprint density at radius 3 is 2.52 bits per heavy atom. The van der Waals surface area contributed by atoms with Crippen LogP contribution in [0.5, 0.6) is 5.88 Å². The van der Waals surface area contributed by atoms with E-state index in [0.29, 0.717) is 5.88 Å². The SMILES string of the molecule is CC(NC(=O)c1ccc(OCc2ccc(F)cc2)nc1)C(N)=O. The maximum atomic E-state index is 12.8. The zero-order chi connectivity index (χ0) is 16.8. The van der Waals surface area contributed by atoms with Crippen molar-refractivity contribution in [1.82, 2.24) is 10.3 Å². The molecule has 3 N–H and O–H groups in total. The van der Waals surface area contributed by atoms with E-state index in [0.717, 1.165) is 5.56 Å². The zero-order valence-corrected chi connectivity index (χ0v) is 12.5. The van der Waals surface area contributed by atoms with Crippen LogP contribution in [0.3, 0.4) is 0 Å². The van der Waals surface area contributed by atoms with Gasteiger partial charge in [-0.1, -0.05) is 12.1 Å². The topological polar surface area (TPSA) is 94.3 Å². The second-order valence-corrected chi connectivity index (χ2v) is 4.90. The van der Waals surface area contributed by atoms with Crippen LogP contribution in [0.1, 0.15) is 22.8 Å². The van der Waals surface area contributed by atoms with Crippen LogP contribution in [0.4, 0.5) is 4.39 Å². The summed E-state index contributed by atoms with van der Waals surface area (Å²) in [6.45, 7) is 1.73. The van der Waals surface area contributed by atoms with Gasteiger partial charge >= 0.3 is 0 Å². The largest absolute Gasteiger partial charge is 0.473 e. The molecule has 1 aromatic heterocycles. The molecule has 0 aliphatic heterocycles. The van der Waals surface area contributed by atoms with Gasteiger partial charge in [-0.2, -0.15) is 0 Å². The fraction of sp³-hybridized carbons (Fsp3) is 0.188. The molecule has 2 aromatic rings. The van der Waals surface area contributed by atoms with Crippen molar-refractivity contribution in [3.05, 3.63) is 59.5 Å². The van der Waals surface area contributed by atoms with E-state index in [1.54, 1.807) is 12.1 Å². The number of amides is 2. The Bertz CT molecular complexity index is 687. The molecule has 2 amide bonds. The summed E-state index contributed by atoms with van der Waals surface area (Å²) in [7, 11) is 0. The normalized spacial score (nSPS) is 11.6. The first-order chi connectivity index (χ1) is 11.0. The minimum Gasteiger partial charge on any atom is -0.473 e. The number of nitrogens with one attached hydrogen (secondary N) is 1. The Morgan fingerprint density at radius 2 is 1.96 bits per heavy atom. The van der Waals surface area contributed by atoms with E-state index in [9.17, 15) is 14.0 Å². The highest BCUT2D eigenvalue weighted by molar-refractivity contribution is 5.96. The van der Waals surface area contributed by atoms with E-state index in [1.807, 2.05) is 0 Å². The fourth-order valence-corrected chi connectivity index (χ4v) is 1.69. The maximum absolute atomic E-state index is 12.8. The third-order valence-electron chi connectivity index (χ3n) is 3.07. The fourth-order valence-electron chi connectivity index (χ4n) is 1.69. The Balaban J connectivity index is 1.92. The Labute approximate surface area is 132 Å². The van der Waals surface area contributed by atoms with Crippen molar-refractivity contribution >= 4 is 11.8 Å². The average molecular weight is 317 g/mol. The van der Waals surface area contributed by atoms with Crippen molar-refractivity contribution in [2.45, 2.75) is 19.6 Å². The van der Waals surface area contributed by atoms with Gasteiger partial charge in [-0.15, -0.1) is 0 Å². The van der Waals surface area contributed by atoms with Crippen LogP contribution in [-0.4, -0.2) is 22.8 Å². The molecule has 7 heteroatoms. The van der Waals surface area contributed by atoms with Crippen molar-refractivity contribution in [2.24, 2.45) is 5.73 Å². The van der Waals surface area contributed by atoms with Gasteiger partial charge < -0.3 is 15.8 Å². The number of hydrogen-bond donors (Lipinski definition) is 2. The standard InChI is InChI=1S/C16H16FN3O3/c1-10(15(18)21)20-16(22)12-4-7-14(19-8-12)23-9-11-2-5-13(17)6-3-11/h2-8,10H,9H2,1H3,(H2,18,21)(H,20,22). The summed E-state index contributed by atoms with van der Waals surface area (Å²) in [6, 6.07) is 8.21. The van der Waals surface area contributed by atoms with Gasteiger partial charge in [-0.25, -0.2) is 9.37 Å². The van der Waals surface area contributed by atoms with Crippen LogP contribution in [0.2, 0.25) is 0 Å². The van der Waals surface area contributed by atoms with Crippen LogP contribution in [0.25, 0.3) is 0 Å². The molecule has 0 aliphatic carbocycles. The lowest BCUT2D eigenvalue weighted by atomic mass is 10.2. The van der Waals surface area contributed by atoms with E-state index in [2.05, 4.69) is 10.3 Å². The summed E-state index contributed by atoms with van der Waals surface area (Å²) in [4.78, 5) is 26.8. The quantitative estimate of drug-likeness (QED) is 0.842. The van der Waals surface area contributed by atoms with Crippen molar-refractivity contribution < 1.29 is 18.7 Å².